The highest BCUT2D eigenvalue weighted by Crippen LogP contribution is 2.24. The van der Waals surface area contributed by atoms with Gasteiger partial charge in [-0.15, -0.1) is 0 Å². The molecule has 2 N–H and O–H groups in total. The Labute approximate surface area is 154 Å². The summed E-state index contributed by atoms with van der Waals surface area (Å²) < 4.78 is 28.9. The number of carbonyl (C=O) groups is 1. The van der Waals surface area contributed by atoms with Gasteiger partial charge in [0.25, 0.3) is 5.91 Å². The van der Waals surface area contributed by atoms with Crippen molar-refractivity contribution in [2.24, 2.45) is 5.14 Å². The monoisotopic (exact) mass is 376 g/mol. The van der Waals surface area contributed by atoms with E-state index in [1.807, 2.05) is 25.1 Å². The SMILES string of the molecule is COc1ccc(C)cc1CN(C)C(=O)c1cc(S(N)(=O)=O)c(C)cc1C. The molecule has 7 heteroatoms. The number of primary sulfonamides is 1. The Kier molecular flexibility index (Phi) is 5.73. The van der Waals surface area contributed by atoms with Gasteiger partial charge in [-0.05, 0) is 44.0 Å². The molecule has 0 aliphatic heterocycles. The number of amides is 1. The van der Waals surface area contributed by atoms with Crippen LogP contribution in [0.25, 0.3) is 0 Å². The molecular formula is C19H24N2O4S. The maximum absolute atomic E-state index is 12.9. The van der Waals surface area contributed by atoms with E-state index in [0.717, 1.165) is 11.1 Å². The highest BCUT2D eigenvalue weighted by atomic mass is 32.2. The summed E-state index contributed by atoms with van der Waals surface area (Å²) in [6.07, 6.45) is 0. The highest BCUT2D eigenvalue weighted by Gasteiger charge is 2.21. The van der Waals surface area contributed by atoms with Crippen LogP contribution in [0.1, 0.15) is 32.6 Å². The lowest BCUT2D eigenvalue weighted by Crippen LogP contribution is -2.27. The molecule has 0 saturated heterocycles. The number of hydrogen-bond acceptors (Lipinski definition) is 4. The smallest absolute Gasteiger partial charge is 0.254 e. The van der Waals surface area contributed by atoms with Gasteiger partial charge in [0.05, 0.1) is 12.0 Å². The van der Waals surface area contributed by atoms with Gasteiger partial charge >= 0.3 is 0 Å². The van der Waals surface area contributed by atoms with Gasteiger partial charge in [0, 0.05) is 24.7 Å². The molecule has 0 fully saturated rings. The van der Waals surface area contributed by atoms with Crippen molar-refractivity contribution in [2.75, 3.05) is 14.2 Å². The Hall–Kier alpha value is -2.38. The van der Waals surface area contributed by atoms with Gasteiger partial charge in [-0.3, -0.25) is 4.79 Å². The van der Waals surface area contributed by atoms with Crippen molar-refractivity contribution in [3.63, 3.8) is 0 Å². The summed E-state index contributed by atoms with van der Waals surface area (Å²) >= 11 is 0. The van der Waals surface area contributed by atoms with Gasteiger partial charge in [0.2, 0.25) is 10.0 Å². The van der Waals surface area contributed by atoms with E-state index >= 15 is 0 Å². The number of sulfonamides is 1. The van der Waals surface area contributed by atoms with E-state index < -0.39 is 10.0 Å². The number of methoxy groups -OCH3 is 1. The zero-order chi connectivity index (χ0) is 19.6. The van der Waals surface area contributed by atoms with E-state index in [1.165, 1.54) is 11.0 Å². The third-order valence-electron chi connectivity index (χ3n) is 4.25. The fourth-order valence-electron chi connectivity index (χ4n) is 2.93. The molecule has 0 saturated carbocycles. The van der Waals surface area contributed by atoms with Crippen LogP contribution in [0.5, 0.6) is 5.75 Å². The zero-order valence-corrected chi connectivity index (χ0v) is 16.5. The second-order valence-corrected chi connectivity index (χ2v) is 7.98. The maximum Gasteiger partial charge on any atom is 0.254 e. The minimum absolute atomic E-state index is 0.0343. The lowest BCUT2D eigenvalue weighted by atomic mass is 10.0. The predicted molar refractivity (Wildman–Crippen MR) is 101 cm³/mol. The molecule has 0 heterocycles. The van der Waals surface area contributed by atoms with E-state index in [1.54, 1.807) is 34.1 Å². The van der Waals surface area contributed by atoms with Crippen LogP contribution in [0.2, 0.25) is 0 Å². The van der Waals surface area contributed by atoms with Crippen LogP contribution in [0.4, 0.5) is 0 Å². The molecule has 140 valence electrons. The Morgan fingerprint density at radius 1 is 1.12 bits per heavy atom. The first-order valence-electron chi connectivity index (χ1n) is 8.07. The first-order chi connectivity index (χ1) is 12.0. The molecule has 0 unspecified atom stereocenters. The van der Waals surface area contributed by atoms with Gasteiger partial charge < -0.3 is 9.64 Å². The van der Waals surface area contributed by atoms with Gasteiger partial charge in [-0.1, -0.05) is 23.8 Å². The summed E-state index contributed by atoms with van der Waals surface area (Å²) in [4.78, 5) is 14.4. The van der Waals surface area contributed by atoms with Crippen molar-refractivity contribution >= 4 is 15.9 Å². The van der Waals surface area contributed by atoms with Crippen LogP contribution < -0.4 is 9.88 Å². The molecule has 2 aromatic rings. The first-order valence-corrected chi connectivity index (χ1v) is 9.62. The number of rotatable bonds is 5. The van der Waals surface area contributed by atoms with Crippen LogP contribution in [-0.2, 0) is 16.6 Å². The van der Waals surface area contributed by atoms with Gasteiger partial charge in [0.1, 0.15) is 5.75 Å². The summed E-state index contributed by atoms with van der Waals surface area (Å²) in [5, 5.41) is 5.26. The van der Waals surface area contributed by atoms with E-state index in [2.05, 4.69) is 0 Å². The Balaban J connectivity index is 2.39. The van der Waals surface area contributed by atoms with Crippen molar-refractivity contribution in [2.45, 2.75) is 32.2 Å². The van der Waals surface area contributed by atoms with Crippen LogP contribution >= 0.6 is 0 Å². The fraction of sp³-hybridized carbons (Fsp3) is 0.316. The van der Waals surface area contributed by atoms with E-state index in [4.69, 9.17) is 9.88 Å². The number of aryl methyl sites for hydroxylation is 3. The zero-order valence-electron chi connectivity index (χ0n) is 15.7. The standard InChI is InChI=1S/C19H24N2O4S/c1-12-6-7-17(25-5)15(8-12)11-21(4)19(22)16-10-18(26(20,23)24)14(3)9-13(16)2/h6-10H,11H2,1-5H3,(H2,20,23,24). The molecule has 0 atom stereocenters. The molecule has 0 bridgehead atoms. The van der Waals surface area contributed by atoms with E-state index in [0.29, 0.717) is 29.0 Å². The Bertz CT molecular complexity index is 952. The maximum atomic E-state index is 12.9. The van der Waals surface area contributed by atoms with Crippen LogP contribution in [0.15, 0.2) is 35.2 Å². The first kappa shape index (κ1) is 19.9. The molecular weight excluding hydrogens is 352 g/mol. The molecule has 6 nitrogen and oxygen atoms in total. The number of benzene rings is 2. The molecule has 2 aromatic carbocycles. The van der Waals surface area contributed by atoms with Crippen molar-refractivity contribution in [3.8, 4) is 5.75 Å². The topological polar surface area (TPSA) is 89.7 Å². The van der Waals surface area contributed by atoms with Crippen molar-refractivity contribution in [1.82, 2.24) is 4.90 Å². The van der Waals surface area contributed by atoms with Crippen molar-refractivity contribution < 1.29 is 17.9 Å². The van der Waals surface area contributed by atoms with Crippen LogP contribution in [0, 0.1) is 20.8 Å². The summed E-state index contributed by atoms with van der Waals surface area (Å²) in [6, 6.07) is 8.77. The summed E-state index contributed by atoms with van der Waals surface area (Å²) in [6.45, 7) is 5.73. The molecule has 0 radical (unpaired) electrons. The molecule has 0 aliphatic carbocycles. The number of hydrogen-bond donors (Lipinski definition) is 1. The summed E-state index contributed by atoms with van der Waals surface area (Å²) in [5.41, 5.74) is 3.46. The Morgan fingerprint density at radius 3 is 2.35 bits per heavy atom. The average Bonchev–Trinajstić information content (AvgIpc) is 2.53. The van der Waals surface area contributed by atoms with Crippen molar-refractivity contribution in [1.29, 1.82) is 0 Å². The number of carbonyl (C=O) groups excluding carboxylic acids is 1. The lowest BCUT2D eigenvalue weighted by Gasteiger charge is -2.21. The van der Waals surface area contributed by atoms with E-state index in [-0.39, 0.29) is 10.8 Å². The van der Waals surface area contributed by atoms with Crippen LogP contribution in [0.3, 0.4) is 0 Å². The molecule has 2 rings (SSSR count). The van der Waals surface area contributed by atoms with Gasteiger partial charge in [0.15, 0.2) is 0 Å². The number of nitrogens with two attached hydrogens (primary N) is 1. The molecule has 0 aromatic heterocycles. The molecule has 0 spiro atoms. The minimum Gasteiger partial charge on any atom is -0.496 e. The average molecular weight is 376 g/mol. The quantitative estimate of drug-likeness (QED) is 0.868. The second kappa shape index (κ2) is 7.47. The predicted octanol–water partition coefficient (Wildman–Crippen LogP) is 2.54. The number of ether oxygens (including phenoxy) is 1. The van der Waals surface area contributed by atoms with E-state index in [9.17, 15) is 13.2 Å². The molecule has 26 heavy (non-hydrogen) atoms. The normalized spacial score (nSPS) is 11.3. The van der Waals surface area contributed by atoms with Crippen LogP contribution in [-0.4, -0.2) is 33.4 Å². The Morgan fingerprint density at radius 2 is 1.77 bits per heavy atom. The number of nitrogens with zero attached hydrogens (tertiary/aromatic N) is 1. The lowest BCUT2D eigenvalue weighted by molar-refractivity contribution is 0.0783. The summed E-state index contributed by atoms with van der Waals surface area (Å²) in [7, 11) is -0.649. The second-order valence-electron chi connectivity index (χ2n) is 6.45. The van der Waals surface area contributed by atoms with Gasteiger partial charge in [-0.25, -0.2) is 13.6 Å². The largest absolute Gasteiger partial charge is 0.496 e. The molecule has 0 aliphatic rings. The summed E-state index contributed by atoms with van der Waals surface area (Å²) in [5.74, 6) is 0.414. The van der Waals surface area contributed by atoms with Crippen molar-refractivity contribution in [3.05, 3.63) is 58.1 Å². The minimum atomic E-state index is -3.90. The molecule has 1 amide bonds. The third-order valence-corrected chi connectivity index (χ3v) is 5.30. The third kappa shape index (κ3) is 4.23. The van der Waals surface area contributed by atoms with Gasteiger partial charge in [-0.2, -0.15) is 0 Å². The fourth-order valence-corrected chi connectivity index (χ4v) is 3.72. The highest BCUT2D eigenvalue weighted by molar-refractivity contribution is 7.89.